The zero-order chi connectivity index (χ0) is 19.8. The van der Waals surface area contributed by atoms with Crippen molar-refractivity contribution in [3.63, 3.8) is 0 Å². The fourth-order valence-corrected chi connectivity index (χ4v) is 3.72. The number of rotatable bonds is 5. The number of carbonyl (C=O) groups excluding carboxylic acids is 1. The van der Waals surface area contributed by atoms with E-state index in [9.17, 15) is 4.79 Å². The molecule has 1 aliphatic heterocycles. The van der Waals surface area contributed by atoms with Gasteiger partial charge in [0.05, 0.1) is 23.8 Å². The predicted molar refractivity (Wildman–Crippen MR) is 107 cm³/mol. The summed E-state index contributed by atoms with van der Waals surface area (Å²) in [6, 6.07) is 9.86. The van der Waals surface area contributed by atoms with Crippen molar-refractivity contribution in [2.75, 3.05) is 26.4 Å². The van der Waals surface area contributed by atoms with E-state index < -0.39 is 5.54 Å². The average Bonchev–Trinajstić information content (AvgIpc) is 3.08. The van der Waals surface area contributed by atoms with Crippen LogP contribution >= 0.6 is 0 Å². The van der Waals surface area contributed by atoms with Crippen molar-refractivity contribution in [1.82, 2.24) is 24.9 Å². The summed E-state index contributed by atoms with van der Waals surface area (Å²) in [5.74, 6) is 0.656. The topological polar surface area (TPSA) is 79.4 Å². The van der Waals surface area contributed by atoms with Crippen molar-refractivity contribution in [2.45, 2.75) is 45.4 Å². The van der Waals surface area contributed by atoms with Crippen LogP contribution in [-0.2, 0) is 18.6 Å². The summed E-state index contributed by atoms with van der Waals surface area (Å²) >= 11 is 0. The molecule has 1 aromatic heterocycles. The van der Waals surface area contributed by atoms with Crippen LogP contribution in [0, 0.1) is 0 Å². The standard InChI is InChI=1S/C20H30N6O/c1-6-26-18(21)15-12-25(20(2,3)17(15)23-26)19(27)22-16(13-24(4)5)14-10-8-7-9-11-14/h7-11,16H,6,12-13,21H2,1-5H3,(H,22,27)/t16-/m1/s1. The molecule has 146 valence electrons. The minimum absolute atomic E-state index is 0.0923. The summed E-state index contributed by atoms with van der Waals surface area (Å²) in [7, 11) is 4.01. The number of anilines is 1. The molecule has 1 aromatic carbocycles. The van der Waals surface area contributed by atoms with Crippen molar-refractivity contribution < 1.29 is 4.79 Å². The third-order valence-electron chi connectivity index (χ3n) is 5.26. The van der Waals surface area contributed by atoms with Gasteiger partial charge in [0.15, 0.2) is 0 Å². The van der Waals surface area contributed by atoms with E-state index in [-0.39, 0.29) is 12.1 Å². The Balaban J connectivity index is 1.82. The molecule has 3 N–H and O–H groups in total. The second-order valence-electron chi connectivity index (χ2n) is 7.85. The van der Waals surface area contributed by atoms with E-state index in [1.54, 1.807) is 4.68 Å². The van der Waals surface area contributed by atoms with Crippen LogP contribution in [0.15, 0.2) is 30.3 Å². The molecule has 0 saturated carbocycles. The van der Waals surface area contributed by atoms with Crippen LogP contribution in [0.3, 0.4) is 0 Å². The van der Waals surface area contributed by atoms with E-state index in [0.717, 1.165) is 29.9 Å². The molecule has 0 fully saturated rings. The lowest BCUT2D eigenvalue weighted by atomic mass is 10.0. The molecule has 1 atom stereocenters. The Morgan fingerprint density at radius 1 is 1.33 bits per heavy atom. The molecule has 2 amide bonds. The highest BCUT2D eigenvalue weighted by Crippen LogP contribution is 2.40. The van der Waals surface area contributed by atoms with Gasteiger partial charge in [-0.2, -0.15) is 5.10 Å². The minimum Gasteiger partial charge on any atom is -0.384 e. The zero-order valence-corrected chi connectivity index (χ0v) is 16.9. The van der Waals surface area contributed by atoms with Crippen LogP contribution in [0.25, 0.3) is 0 Å². The summed E-state index contributed by atoms with van der Waals surface area (Å²) < 4.78 is 1.81. The number of aromatic nitrogens is 2. The number of aryl methyl sites for hydroxylation is 1. The van der Waals surface area contributed by atoms with E-state index in [1.165, 1.54) is 0 Å². The monoisotopic (exact) mass is 370 g/mol. The highest BCUT2D eigenvalue weighted by atomic mass is 16.2. The Kier molecular flexibility index (Phi) is 5.15. The molecule has 0 radical (unpaired) electrons. The summed E-state index contributed by atoms with van der Waals surface area (Å²) in [6.07, 6.45) is 0. The summed E-state index contributed by atoms with van der Waals surface area (Å²) in [6.45, 7) is 7.98. The number of likely N-dealkylation sites (N-methyl/N-ethyl adjacent to an activating group) is 1. The molecule has 2 aromatic rings. The fourth-order valence-electron chi connectivity index (χ4n) is 3.72. The van der Waals surface area contributed by atoms with Crippen molar-refractivity contribution >= 4 is 11.8 Å². The van der Waals surface area contributed by atoms with Gasteiger partial charge in [-0.25, -0.2) is 9.48 Å². The number of fused-ring (bicyclic) bond motifs is 1. The molecule has 0 saturated heterocycles. The number of nitrogens with one attached hydrogen (secondary N) is 1. The number of nitrogen functional groups attached to an aromatic ring is 1. The molecule has 7 heteroatoms. The largest absolute Gasteiger partial charge is 0.384 e. The number of nitrogens with zero attached hydrogens (tertiary/aromatic N) is 4. The van der Waals surface area contributed by atoms with E-state index in [1.807, 2.05) is 70.1 Å². The molecule has 0 aliphatic carbocycles. The Morgan fingerprint density at radius 3 is 2.56 bits per heavy atom. The van der Waals surface area contributed by atoms with Crippen molar-refractivity contribution in [3.05, 3.63) is 47.2 Å². The molecular weight excluding hydrogens is 340 g/mol. The van der Waals surface area contributed by atoms with Crippen molar-refractivity contribution in [2.24, 2.45) is 0 Å². The number of hydrogen-bond donors (Lipinski definition) is 2. The number of nitrogens with two attached hydrogens (primary N) is 1. The van der Waals surface area contributed by atoms with Crippen molar-refractivity contribution in [3.8, 4) is 0 Å². The molecule has 0 spiro atoms. The Morgan fingerprint density at radius 2 is 2.00 bits per heavy atom. The van der Waals surface area contributed by atoms with Crippen LogP contribution in [0.4, 0.5) is 10.6 Å². The Labute approximate surface area is 161 Å². The summed E-state index contributed by atoms with van der Waals surface area (Å²) in [5.41, 5.74) is 8.67. The van der Waals surface area contributed by atoms with Crippen molar-refractivity contribution in [1.29, 1.82) is 0 Å². The second kappa shape index (κ2) is 7.23. The van der Waals surface area contributed by atoms with Gasteiger partial charge >= 0.3 is 6.03 Å². The van der Waals surface area contributed by atoms with Gasteiger partial charge in [0.2, 0.25) is 0 Å². The zero-order valence-electron chi connectivity index (χ0n) is 16.9. The highest BCUT2D eigenvalue weighted by Gasteiger charge is 2.44. The first-order valence-corrected chi connectivity index (χ1v) is 9.39. The van der Waals surface area contributed by atoms with Gasteiger partial charge in [0.25, 0.3) is 0 Å². The van der Waals surface area contributed by atoms with E-state index in [2.05, 4.69) is 15.3 Å². The van der Waals surface area contributed by atoms with E-state index >= 15 is 0 Å². The van der Waals surface area contributed by atoms with Crippen LogP contribution < -0.4 is 11.1 Å². The average molecular weight is 371 g/mol. The second-order valence-corrected chi connectivity index (χ2v) is 7.85. The Bertz CT molecular complexity index is 811. The lowest BCUT2D eigenvalue weighted by Crippen LogP contribution is -2.48. The van der Waals surface area contributed by atoms with Crippen LogP contribution in [0.5, 0.6) is 0 Å². The molecule has 0 bridgehead atoms. The van der Waals surface area contributed by atoms with Gasteiger partial charge in [-0.1, -0.05) is 30.3 Å². The third kappa shape index (κ3) is 3.51. The SMILES string of the molecule is CCn1nc2c(c1N)CN(C(=O)N[C@H](CN(C)C)c1ccccc1)C2(C)C. The molecule has 2 heterocycles. The highest BCUT2D eigenvalue weighted by molar-refractivity contribution is 5.77. The van der Waals surface area contributed by atoms with Gasteiger partial charge in [0.1, 0.15) is 5.82 Å². The van der Waals surface area contributed by atoms with Gasteiger partial charge in [0, 0.05) is 18.7 Å². The number of benzene rings is 1. The number of hydrogen-bond acceptors (Lipinski definition) is 4. The molecule has 7 nitrogen and oxygen atoms in total. The van der Waals surface area contributed by atoms with Gasteiger partial charge < -0.3 is 20.9 Å². The number of carbonyl (C=O) groups is 1. The quantitative estimate of drug-likeness (QED) is 0.848. The minimum atomic E-state index is -0.507. The summed E-state index contributed by atoms with van der Waals surface area (Å²) in [5, 5.41) is 7.85. The maximum absolute atomic E-state index is 13.2. The molecule has 27 heavy (non-hydrogen) atoms. The third-order valence-corrected chi connectivity index (χ3v) is 5.26. The van der Waals surface area contributed by atoms with Crippen LogP contribution in [0.2, 0.25) is 0 Å². The first-order chi connectivity index (χ1) is 12.8. The predicted octanol–water partition coefficient (Wildman–Crippen LogP) is 2.55. The molecular formula is C20H30N6O. The maximum atomic E-state index is 13.2. The molecule has 0 unspecified atom stereocenters. The van der Waals surface area contributed by atoms with Crippen LogP contribution in [0.1, 0.15) is 43.6 Å². The van der Waals surface area contributed by atoms with Gasteiger partial charge in [-0.05, 0) is 40.4 Å². The van der Waals surface area contributed by atoms with E-state index in [0.29, 0.717) is 12.4 Å². The van der Waals surface area contributed by atoms with Gasteiger partial charge in [-0.15, -0.1) is 0 Å². The normalized spacial score (nSPS) is 16.4. The van der Waals surface area contributed by atoms with E-state index in [4.69, 9.17) is 5.73 Å². The first-order valence-electron chi connectivity index (χ1n) is 9.39. The lowest BCUT2D eigenvalue weighted by Gasteiger charge is -2.34. The lowest BCUT2D eigenvalue weighted by molar-refractivity contribution is 0.137. The summed E-state index contributed by atoms with van der Waals surface area (Å²) in [4.78, 5) is 17.1. The first kappa shape index (κ1) is 19.2. The van der Waals surface area contributed by atoms with Gasteiger partial charge in [-0.3, -0.25) is 0 Å². The smallest absolute Gasteiger partial charge is 0.319 e. The molecule has 3 rings (SSSR count). The fraction of sp³-hybridized carbons (Fsp3) is 0.500. The Hall–Kier alpha value is -2.54. The number of amides is 2. The maximum Gasteiger partial charge on any atom is 0.319 e. The number of urea groups is 1. The van der Waals surface area contributed by atoms with Crippen LogP contribution in [-0.4, -0.2) is 46.3 Å². The molecule has 1 aliphatic rings.